The maximum absolute atomic E-state index is 11.9. The van der Waals surface area contributed by atoms with Crippen LogP contribution in [-0.2, 0) is 11.3 Å². The molecule has 21 heavy (non-hydrogen) atoms. The van der Waals surface area contributed by atoms with Gasteiger partial charge in [-0.05, 0) is 19.3 Å². The van der Waals surface area contributed by atoms with Crippen molar-refractivity contribution in [2.75, 3.05) is 18.4 Å². The lowest BCUT2D eigenvalue weighted by Crippen LogP contribution is -2.39. The minimum atomic E-state index is -0.972. The largest absolute Gasteiger partial charge is 0.480 e. The fraction of sp³-hybridized carbons (Fsp3) is 0.615. The number of carboxylic acid groups (broad SMARTS) is 1. The minimum Gasteiger partial charge on any atom is -0.480 e. The first kappa shape index (κ1) is 13.9. The van der Waals surface area contributed by atoms with Gasteiger partial charge in [-0.15, -0.1) is 0 Å². The summed E-state index contributed by atoms with van der Waals surface area (Å²) in [4.78, 5) is 24.9. The molecule has 8 heteroatoms. The minimum absolute atomic E-state index is 0.180. The first-order chi connectivity index (χ1) is 10.1. The van der Waals surface area contributed by atoms with Gasteiger partial charge in [0.1, 0.15) is 6.54 Å². The highest BCUT2D eigenvalue weighted by Gasteiger charge is 2.34. The summed E-state index contributed by atoms with van der Waals surface area (Å²) in [6.45, 7) is 1.74. The molecule has 1 aromatic heterocycles. The molecular formula is C13H19N5O3. The molecule has 1 aromatic rings. The Morgan fingerprint density at radius 2 is 2.19 bits per heavy atom. The summed E-state index contributed by atoms with van der Waals surface area (Å²) in [7, 11) is 0. The average molecular weight is 293 g/mol. The van der Waals surface area contributed by atoms with E-state index in [4.69, 9.17) is 5.11 Å². The zero-order chi connectivity index (χ0) is 14.8. The highest BCUT2D eigenvalue weighted by atomic mass is 16.4. The Balaban J connectivity index is 1.45. The molecule has 1 aliphatic heterocycles. The van der Waals surface area contributed by atoms with E-state index in [1.807, 2.05) is 0 Å². The monoisotopic (exact) mass is 293 g/mol. The average Bonchev–Trinajstić information content (AvgIpc) is 3.02. The Bertz CT molecular complexity index is 540. The molecule has 3 rings (SSSR count). The molecule has 1 saturated heterocycles. The summed E-state index contributed by atoms with van der Waals surface area (Å²) in [5, 5.41) is 18.1. The Labute approximate surface area is 122 Å². The summed E-state index contributed by atoms with van der Waals surface area (Å²) < 4.78 is 1.27. The third-order valence-corrected chi connectivity index (χ3v) is 3.81. The summed E-state index contributed by atoms with van der Waals surface area (Å²) in [5.41, 5.74) is 0.491. The van der Waals surface area contributed by atoms with Crippen LogP contribution in [0.5, 0.6) is 0 Å². The van der Waals surface area contributed by atoms with Crippen LogP contribution in [0.15, 0.2) is 12.4 Å². The Morgan fingerprint density at radius 3 is 2.90 bits per heavy atom. The lowest BCUT2D eigenvalue weighted by Gasteiger charge is -2.15. The first-order valence-corrected chi connectivity index (χ1v) is 7.16. The number of anilines is 1. The van der Waals surface area contributed by atoms with Crippen LogP contribution < -0.4 is 10.6 Å². The van der Waals surface area contributed by atoms with Crippen molar-refractivity contribution in [3.63, 3.8) is 0 Å². The Kier molecular flexibility index (Phi) is 3.78. The first-order valence-electron chi connectivity index (χ1n) is 7.16. The van der Waals surface area contributed by atoms with Crippen molar-refractivity contribution < 1.29 is 14.7 Å². The number of hydrogen-bond acceptors (Lipinski definition) is 4. The number of aromatic nitrogens is 2. The second-order valence-corrected chi connectivity index (χ2v) is 5.63. The SMILES string of the molecule is O=C(O)Cn1cc(NC(=O)NC2CCN(C3CC3)C2)cn1. The van der Waals surface area contributed by atoms with Crippen molar-refractivity contribution >= 4 is 17.7 Å². The van der Waals surface area contributed by atoms with Crippen LogP contribution in [0.1, 0.15) is 19.3 Å². The van der Waals surface area contributed by atoms with Crippen molar-refractivity contribution in [1.82, 2.24) is 20.0 Å². The van der Waals surface area contributed by atoms with Crippen molar-refractivity contribution in [2.24, 2.45) is 0 Å². The molecule has 1 unspecified atom stereocenters. The zero-order valence-corrected chi connectivity index (χ0v) is 11.7. The van der Waals surface area contributed by atoms with Gasteiger partial charge < -0.3 is 15.7 Å². The van der Waals surface area contributed by atoms with E-state index in [1.165, 1.54) is 29.9 Å². The molecule has 2 heterocycles. The molecule has 0 radical (unpaired) electrons. The molecule has 0 bridgehead atoms. The fourth-order valence-electron chi connectivity index (χ4n) is 2.68. The van der Waals surface area contributed by atoms with Crippen LogP contribution in [0.4, 0.5) is 10.5 Å². The number of nitrogens with zero attached hydrogens (tertiary/aromatic N) is 3. The molecule has 1 saturated carbocycles. The predicted octanol–water partition coefficient (Wildman–Crippen LogP) is 0.326. The molecule has 3 N–H and O–H groups in total. The van der Waals surface area contributed by atoms with Crippen LogP contribution in [0.2, 0.25) is 0 Å². The third kappa shape index (κ3) is 3.72. The quantitative estimate of drug-likeness (QED) is 0.726. The second-order valence-electron chi connectivity index (χ2n) is 5.63. The summed E-state index contributed by atoms with van der Waals surface area (Å²) in [6.07, 6.45) is 6.47. The number of hydrogen-bond donors (Lipinski definition) is 3. The number of amides is 2. The maximum atomic E-state index is 11.9. The number of carbonyl (C=O) groups excluding carboxylic acids is 1. The molecule has 2 aliphatic rings. The summed E-state index contributed by atoms with van der Waals surface area (Å²) >= 11 is 0. The van der Waals surface area contributed by atoms with E-state index in [0.29, 0.717) is 5.69 Å². The van der Waals surface area contributed by atoms with E-state index in [9.17, 15) is 9.59 Å². The van der Waals surface area contributed by atoms with Gasteiger partial charge in [0, 0.05) is 31.4 Å². The van der Waals surface area contributed by atoms with Crippen LogP contribution in [0.25, 0.3) is 0 Å². The van der Waals surface area contributed by atoms with Gasteiger partial charge in [0.2, 0.25) is 0 Å². The molecule has 2 amide bonds. The number of urea groups is 1. The molecule has 1 atom stereocenters. The van der Waals surface area contributed by atoms with Gasteiger partial charge in [0.25, 0.3) is 0 Å². The summed E-state index contributed by atoms with van der Waals surface area (Å²) in [6, 6.07) is 0.640. The Hall–Kier alpha value is -2.09. The second kappa shape index (κ2) is 5.72. The van der Waals surface area contributed by atoms with E-state index in [0.717, 1.165) is 25.6 Å². The van der Waals surface area contributed by atoms with E-state index >= 15 is 0 Å². The van der Waals surface area contributed by atoms with Gasteiger partial charge in [-0.25, -0.2) is 4.79 Å². The van der Waals surface area contributed by atoms with Crippen LogP contribution >= 0.6 is 0 Å². The van der Waals surface area contributed by atoms with Gasteiger partial charge >= 0.3 is 12.0 Å². The van der Waals surface area contributed by atoms with Crippen molar-refractivity contribution in [1.29, 1.82) is 0 Å². The van der Waals surface area contributed by atoms with E-state index in [1.54, 1.807) is 0 Å². The molecule has 0 spiro atoms. The van der Waals surface area contributed by atoms with Crippen LogP contribution in [-0.4, -0.2) is 57.0 Å². The number of aliphatic carboxylic acids is 1. The van der Waals surface area contributed by atoms with Crippen molar-refractivity contribution in [3.8, 4) is 0 Å². The predicted molar refractivity (Wildman–Crippen MR) is 75.0 cm³/mol. The van der Waals surface area contributed by atoms with Gasteiger partial charge in [-0.3, -0.25) is 14.4 Å². The lowest BCUT2D eigenvalue weighted by molar-refractivity contribution is -0.137. The van der Waals surface area contributed by atoms with E-state index in [-0.39, 0.29) is 18.6 Å². The highest BCUT2D eigenvalue weighted by Crippen LogP contribution is 2.29. The standard InChI is InChI=1S/C13H19N5O3/c19-12(20)8-18-7-10(5-14-18)16-13(21)15-9-3-4-17(6-9)11-1-2-11/h5,7,9,11H,1-4,6,8H2,(H,19,20)(H2,15,16,21). The topological polar surface area (TPSA) is 99.5 Å². The van der Waals surface area contributed by atoms with Gasteiger partial charge in [0.15, 0.2) is 0 Å². The lowest BCUT2D eigenvalue weighted by atomic mass is 10.3. The summed E-state index contributed by atoms with van der Waals surface area (Å²) in [5.74, 6) is -0.972. The molecule has 1 aliphatic carbocycles. The van der Waals surface area contributed by atoms with Gasteiger partial charge in [-0.1, -0.05) is 0 Å². The number of carbonyl (C=O) groups is 2. The maximum Gasteiger partial charge on any atom is 0.325 e. The fourth-order valence-corrected chi connectivity index (χ4v) is 2.68. The van der Waals surface area contributed by atoms with Crippen molar-refractivity contribution in [3.05, 3.63) is 12.4 Å². The molecule has 8 nitrogen and oxygen atoms in total. The highest BCUT2D eigenvalue weighted by molar-refractivity contribution is 5.89. The van der Waals surface area contributed by atoms with E-state index < -0.39 is 5.97 Å². The van der Waals surface area contributed by atoms with Gasteiger partial charge in [0.05, 0.1) is 11.9 Å². The Morgan fingerprint density at radius 1 is 1.38 bits per heavy atom. The molecule has 114 valence electrons. The van der Waals surface area contributed by atoms with Crippen LogP contribution in [0, 0.1) is 0 Å². The normalized spacial score (nSPS) is 22.2. The number of carboxylic acids is 1. The third-order valence-electron chi connectivity index (χ3n) is 3.81. The number of likely N-dealkylation sites (tertiary alicyclic amines) is 1. The number of nitrogens with one attached hydrogen (secondary N) is 2. The molecular weight excluding hydrogens is 274 g/mol. The molecule has 2 fully saturated rings. The molecule has 0 aromatic carbocycles. The zero-order valence-electron chi connectivity index (χ0n) is 11.7. The smallest absolute Gasteiger partial charge is 0.325 e. The van der Waals surface area contributed by atoms with Crippen molar-refractivity contribution in [2.45, 2.75) is 37.9 Å². The number of rotatable bonds is 5. The van der Waals surface area contributed by atoms with Crippen LogP contribution in [0.3, 0.4) is 0 Å². The van der Waals surface area contributed by atoms with E-state index in [2.05, 4.69) is 20.6 Å². The van der Waals surface area contributed by atoms with Gasteiger partial charge in [-0.2, -0.15) is 5.10 Å².